The summed E-state index contributed by atoms with van der Waals surface area (Å²) in [6.07, 6.45) is 0. The van der Waals surface area contributed by atoms with Crippen molar-refractivity contribution in [3.63, 3.8) is 0 Å². The second-order valence-corrected chi connectivity index (χ2v) is 19.4. The molecule has 0 aliphatic carbocycles. The summed E-state index contributed by atoms with van der Waals surface area (Å²) in [7, 11) is 0. The monoisotopic (exact) mass is 951 g/mol. The van der Waals surface area contributed by atoms with E-state index in [2.05, 4.69) is 277 Å². The maximum atomic E-state index is 6.72. The largest absolute Gasteiger partial charge is 0.454 e. The van der Waals surface area contributed by atoms with E-state index in [1.807, 2.05) is 12.1 Å². The molecule has 1 aliphatic heterocycles. The molecule has 2 aromatic heterocycles. The lowest BCUT2D eigenvalue weighted by Crippen LogP contribution is -2.37. The van der Waals surface area contributed by atoms with E-state index in [-0.39, 0.29) is 0 Å². The Bertz CT molecular complexity index is 3990. The van der Waals surface area contributed by atoms with Crippen LogP contribution in [-0.2, 0) is 5.41 Å². The Hall–Kier alpha value is -9.58. The zero-order valence-corrected chi connectivity index (χ0v) is 41.0. The Labute approximate surface area is 430 Å². The summed E-state index contributed by atoms with van der Waals surface area (Å²) in [5.74, 6) is 0. The lowest BCUT2D eigenvalue weighted by Gasteiger charge is -2.46. The third kappa shape index (κ3) is 6.78. The molecule has 0 unspecified atom stereocenters. The Balaban J connectivity index is 0.989. The molecule has 0 amide bonds. The number of para-hydroxylation sites is 7. The number of furan rings is 2. The highest BCUT2D eigenvalue weighted by atomic mass is 16.3. The number of hydrogen-bond acceptors (Lipinski definition) is 5. The van der Waals surface area contributed by atoms with Crippen molar-refractivity contribution in [2.75, 3.05) is 14.7 Å². The molecular weight excluding hydrogens is 903 g/mol. The van der Waals surface area contributed by atoms with Crippen LogP contribution in [0.3, 0.4) is 0 Å². The van der Waals surface area contributed by atoms with Gasteiger partial charge in [0.2, 0.25) is 0 Å². The van der Waals surface area contributed by atoms with Crippen molar-refractivity contribution in [1.82, 2.24) is 0 Å². The van der Waals surface area contributed by atoms with Gasteiger partial charge in [0, 0.05) is 50.0 Å². The molecule has 5 nitrogen and oxygen atoms in total. The van der Waals surface area contributed by atoms with E-state index < -0.39 is 5.41 Å². The van der Waals surface area contributed by atoms with Gasteiger partial charge in [-0.25, -0.2) is 0 Å². The van der Waals surface area contributed by atoms with Gasteiger partial charge >= 0.3 is 0 Å². The second kappa shape index (κ2) is 17.3. The van der Waals surface area contributed by atoms with E-state index in [9.17, 15) is 0 Å². The minimum absolute atomic E-state index is 0.755. The smallest absolute Gasteiger partial charge is 0.159 e. The van der Waals surface area contributed by atoms with Crippen LogP contribution in [0.15, 0.2) is 270 Å². The highest BCUT2D eigenvalue weighted by Gasteiger charge is 2.46. The number of fused-ring (bicyclic) bond motifs is 8. The van der Waals surface area contributed by atoms with Gasteiger partial charge in [-0.05, 0) is 144 Å². The lowest BCUT2D eigenvalue weighted by molar-refractivity contribution is 0.668. The molecule has 0 saturated carbocycles. The summed E-state index contributed by atoms with van der Waals surface area (Å²) in [6.45, 7) is 4.30. The zero-order chi connectivity index (χ0) is 49.3. The number of benzene rings is 11. The van der Waals surface area contributed by atoms with Crippen LogP contribution in [0.1, 0.15) is 33.4 Å². The summed E-state index contributed by atoms with van der Waals surface area (Å²) >= 11 is 0. The molecule has 0 spiro atoms. The molecule has 0 saturated heterocycles. The first-order valence-corrected chi connectivity index (χ1v) is 25.3. The normalized spacial score (nSPS) is 12.8. The summed E-state index contributed by atoms with van der Waals surface area (Å²) in [4.78, 5) is 7.10. The Morgan fingerprint density at radius 2 is 0.743 bits per heavy atom. The summed E-state index contributed by atoms with van der Waals surface area (Å²) in [6, 6.07) is 94.2. The Kier molecular flexibility index (Phi) is 10.1. The molecule has 3 heterocycles. The van der Waals surface area contributed by atoms with Crippen molar-refractivity contribution in [2.45, 2.75) is 19.3 Å². The van der Waals surface area contributed by atoms with E-state index in [4.69, 9.17) is 8.83 Å². The minimum atomic E-state index is -0.755. The van der Waals surface area contributed by atoms with Gasteiger partial charge in [-0.2, -0.15) is 0 Å². The maximum absolute atomic E-state index is 6.72. The molecule has 0 atom stereocenters. The van der Waals surface area contributed by atoms with Crippen molar-refractivity contribution in [3.05, 3.63) is 294 Å². The molecular formula is C69H49N3O2. The quantitative estimate of drug-likeness (QED) is 0.144. The van der Waals surface area contributed by atoms with Crippen LogP contribution in [0.5, 0.6) is 0 Å². The molecule has 0 radical (unpaired) electrons. The van der Waals surface area contributed by atoms with Crippen LogP contribution < -0.4 is 14.7 Å². The van der Waals surface area contributed by atoms with E-state index in [0.717, 1.165) is 106 Å². The Morgan fingerprint density at radius 3 is 1.22 bits per heavy atom. The van der Waals surface area contributed by atoms with E-state index >= 15 is 0 Å². The number of rotatable bonds is 9. The number of nitrogens with zero attached hydrogens (tertiary/aromatic N) is 3. The van der Waals surface area contributed by atoms with Gasteiger partial charge in [0.15, 0.2) is 11.2 Å². The van der Waals surface area contributed by atoms with Gasteiger partial charge in [-0.15, -0.1) is 0 Å². The Morgan fingerprint density at radius 1 is 0.338 bits per heavy atom. The summed E-state index contributed by atoms with van der Waals surface area (Å²) < 4.78 is 13.4. The van der Waals surface area contributed by atoms with Gasteiger partial charge in [0.1, 0.15) is 11.2 Å². The molecule has 74 heavy (non-hydrogen) atoms. The van der Waals surface area contributed by atoms with Gasteiger partial charge in [0.25, 0.3) is 0 Å². The van der Waals surface area contributed by atoms with Crippen LogP contribution in [0.4, 0.5) is 51.2 Å². The molecule has 14 rings (SSSR count). The van der Waals surface area contributed by atoms with Gasteiger partial charge < -0.3 is 23.5 Å². The fourth-order valence-corrected chi connectivity index (χ4v) is 11.8. The first kappa shape index (κ1) is 43.2. The van der Waals surface area contributed by atoms with Crippen molar-refractivity contribution < 1.29 is 8.83 Å². The van der Waals surface area contributed by atoms with Crippen LogP contribution in [0, 0.1) is 13.8 Å². The molecule has 5 heteroatoms. The lowest BCUT2D eigenvalue weighted by atomic mass is 9.62. The second-order valence-electron chi connectivity index (χ2n) is 19.4. The molecule has 0 N–H and O–H groups in total. The van der Waals surface area contributed by atoms with E-state index in [1.54, 1.807) is 0 Å². The predicted molar refractivity (Wildman–Crippen MR) is 306 cm³/mol. The van der Waals surface area contributed by atoms with Gasteiger partial charge in [0.05, 0.1) is 28.2 Å². The number of aryl methyl sites for hydroxylation is 2. The molecule has 13 aromatic rings. The fourth-order valence-electron chi connectivity index (χ4n) is 11.8. The number of anilines is 9. The fraction of sp³-hybridized carbons (Fsp3) is 0.0435. The first-order chi connectivity index (χ1) is 36.5. The highest BCUT2D eigenvalue weighted by Crippen LogP contribution is 2.58. The van der Waals surface area contributed by atoms with Crippen molar-refractivity contribution >= 4 is 95.1 Å². The topological polar surface area (TPSA) is 36.0 Å². The molecule has 1 aliphatic rings. The number of hydrogen-bond donors (Lipinski definition) is 0. The van der Waals surface area contributed by atoms with Gasteiger partial charge in [-0.1, -0.05) is 164 Å². The third-order valence-corrected chi connectivity index (χ3v) is 15.0. The summed E-state index contributed by atoms with van der Waals surface area (Å²) in [5, 5.41) is 4.38. The molecule has 11 aromatic carbocycles. The van der Waals surface area contributed by atoms with Crippen LogP contribution in [0.25, 0.3) is 43.9 Å². The zero-order valence-electron chi connectivity index (χ0n) is 41.0. The van der Waals surface area contributed by atoms with Crippen molar-refractivity contribution in [3.8, 4) is 0 Å². The van der Waals surface area contributed by atoms with Crippen LogP contribution in [0.2, 0.25) is 0 Å². The minimum Gasteiger partial charge on any atom is -0.454 e. The van der Waals surface area contributed by atoms with Crippen LogP contribution >= 0.6 is 0 Å². The molecule has 352 valence electrons. The standard InChI is InChI=1S/C69H49N3O2/c1-46-18-14-22-53(44-46)70(63-32-16-26-57-55-24-6-12-34-65(55)73-67(57)63)51-40-36-48(37-41-51)69(59-28-8-10-30-61(59)72(50-20-4-3-5-21-50)62-31-11-9-29-60(62)69)49-38-42-52(43-39-49)71(54-23-15-19-47(2)45-54)64-33-17-27-58-56-25-7-13-35-66(56)74-68(58)64/h3-45H,1-2H3. The van der Waals surface area contributed by atoms with E-state index in [1.165, 1.54) is 22.3 Å². The van der Waals surface area contributed by atoms with E-state index in [0.29, 0.717) is 0 Å². The van der Waals surface area contributed by atoms with Gasteiger partial charge in [-0.3, -0.25) is 0 Å². The molecule has 0 fully saturated rings. The summed E-state index contributed by atoms with van der Waals surface area (Å²) in [5.41, 5.74) is 19.2. The highest BCUT2D eigenvalue weighted by molar-refractivity contribution is 6.11. The SMILES string of the molecule is Cc1cccc(N(c2ccc(C3(c4ccc(N(c5cccc(C)c5)c5cccc6c5oc5ccccc56)cc4)c4ccccc4N(c4ccccc4)c4ccccc43)cc2)c2cccc3c2oc2ccccc23)c1. The van der Waals surface area contributed by atoms with Crippen molar-refractivity contribution in [2.24, 2.45) is 0 Å². The molecule has 0 bridgehead atoms. The third-order valence-electron chi connectivity index (χ3n) is 15.0. The average molecular weight is 952 g/mol. The van der Waals surface area contributed by atoms with Crippen LogP contribution in [-0.4, -0.2) is 0 Å². The average Bonchev–Trinajstić information content (AvgIpc) is 4.03. The maximum Gasteiger partial charge on any atom is 0.159 e. The van der Waals surface area contributed by atoms with Crippen molar-refractivity contribution in [1.29, 1.82) is 0 Å². The first-order valence-electron chi connectivity index (χ1n) is 25.3. The predicted octanol–water partition coefficient (Wildman–Crippen LogP) is 19.2.